The molecule has 0 aromatic heterocycles. The van der Waals surface area contributed by atoms with E-state index in [0.29, 0.717) is 4.75 Å². The fourth-order valence-corrected chi connectivity index (χ4v) is 3.56. The topological polar surface area (TPSA) is 12.0 Å². The Morgan fingerprint density at radius 3 is 2.86 bits per heavy atom. The summed E-state index contributed by atoms with van der Waals surface area (Å²) < 4.78 is 0.539. The molecule has 0 aromatic carbocycles. The quantitative estimate of drug-likeness (QED) is 0.753. The van der Waals surface area contributed by atoms with E-state index in [1.54, 1.807) is 0 Å². The molecule has 2 atom stereocenters. The van der Waals surface area contributed by atoms with Crippen molar-refractivity contribution in [2.24, 2.45) is 5.92 Å². The lowest BCUT2D eigenvalue weighted by Gasteiger charge is -2.25. The van der Waals surface area contributed by atoms with Crippen molar-refractivity contribution in [2.75, 3.05) is 12.3 Å². The highest BCUT2D eigenvalue weighted by molar-refractivity contribution is 8.00. The summed E-state index contributed by atoms with van der Waals surface area (Å²) in [6.45, 7) is 5.98. The van der Waals surface area contributed by atoms with E-state index in [0.717, 1.165) is 12.0 Å². The van der Waals surface area contributed by atoms with Gasteiger partial charge in [-0.05, 0) is 44.8 Å². The lowest BCUT2D eigenvalue weighted by molar-refractivity contribution is 0.446. The van der Waals surface area contributed by atoms with Crippen LogP contribution in [0.5, 0.6) is 0 Å². The third-order valence-electron chi connectivity index (χ3n) is 3.51. The third-order valence-corrected chi connectivity index (χ3v) is 5.05. The van der Waals surface area contributed by atoms with Gasteiger partial charge in [-0.25, -0.2) is 0 Å². The van der Waals surface area contributed by atoms with Crippen molar-refractivity contribution in [1.82, 2.24) is 5.32 Å². The number of thioether (sulfide) groups is 1. The first-order valence-corrected chi connectivity index (χ1v) is 7.04. The minimum atomic E-state index is 0.539. The Morgan fingerprint density at radius 2 is 2.29 bits per heavy atom. The molecular formula is C12H23NS. The van der Waals surface area contributed by atoms with Gasteiger partial charge in [0, 0.05) is 17.3 Å². The molecular weight excluding hydrogens is 190 g/mol. The van der Waals surface area contributed by atoms with Crippen LogP contribution in [-0.2, 0) is 0 Å². The van der Waals surface area contributed by atoms with Crippen LogP contribution >= 0.6 is 11.8 Å². The van der Waals surface area contributed by atoms with Crippen molar-refractivity contribution >= 4 is 11.8 Å². The number of hydrogen-bond donors (Lipinski definition) is 1. The van der Waals surface area contributed by atoms with Crippen molar-refractivity contribution in [2.45, 2.75) is 56.7 Å². The molecule has 82 valence electrons. The highest BCUT2D eigenvalue weighted by Crippen LogP contribution is 2.37. The molecule has 1 aliphatic heterocycles. The summed E-state index contributed by atoms with van der Waals surface area (Å²) in [4.78, 5) is 0. The Hall–Kier alpha value is 0.310. The van der Waals surface area contributed by atoms with Crippen molar-refractivity contribution in [1.29, 1.82) is 0 Å². The van der Waals surface area contributed by atoms with E-state index in [-0.39, 0.29) is 0 Å². The molecule has 2 unspecified atom stereocenters. The van der Waals surface area contributed by atoms with E-state index in [1.807, 2.05) is 0 Å². The highest BCUT2D eigenvalue weighted by atomic mass is 32.2. The second kappa shape index (κ2) is 4.44. The van der Waals surface area contributed by atoms with Crippen LogP contribution in [0.2, 0.25) is 0 Å². The Bertz CT molecular complexity index is 183. The van der Waals surface area contributed by atoms with Crippen LogP contribution in [0.3, 0.4) is 0 Å². The average Bonchev–Trinajstić information content (AvgIpc) is 2.85. The predicted octanol–water partition coefficient (Wildman–Crippen LogP) is 3.05. The molecule has 0 aromatic rings. The molecule has 1 nitrogen and oxygen atoms in total. The van der Waals surface area contributed by atoms with Gasteiger partial charge in [0.15, 0.2) is 0 Å². The van der Waals surface area contributed by atoms with E-state index in [2.05, 4.69) is 30.9 Å². The molecule has 1 aliphatic carbocycles. The zero-order valence-corrected chi connectivity index (χ0v) is 10.3. The SMILES string of the molecule is CC(CC1CC1)NCC1(C)CCCS1. The van der Waals surface area contributed by atoms with Crippen molar-refractivity contribution in [3.63, 3.8) is 0 Å². The maximum absolute atomic E-state index is 3.72. The van der Waals surface area contributed by atoms with Gasteiger partial charge < -0.3 is 5.32 Å². The Morgan fingerprint density at radius 1 is 1.50 bits per heavy atom. The molecule has 2 fully saturated rings. The minimum absolute atomic E-state index is 0.539. The molecule has 1 N–H and O–H groups in total. The standard InChI is InChI=1S/C12H23NS/c1-10(8-11-4-5-11)13-9-12(2)6-3-7-14-12/h10-11,13H,3-9H2,1-2H3. The fraction of sp³-hybridized carbons (Fsp3) is 1.00. The van der Waals surface area contributed by atoms with E-state index in [4.69, 9.17) is 0 Å². The summed E-state index contributed by atoms with van der Waals surface area (Å²) in [5, 5.41) is 3.72. The Kier molecular flexibility index (Phi) is 3.43. The molecule has 14 heavy (non-hydrogen) atoms. The zero-order valence-electron chi connectivity index (χ0n) is 9.51. The van der Waals surface area contributed by atoms with Gasteiger partial charge in [0.2, 0.25) is 0 Å². The maximum Gasteiger partial charge on any atom is 0.0256 e. The van der Waals surface area contributed by atoms with Crippen molar-refractivity contribution < 1.29 is 0 Å². The van der Waals surface area contributed by atoms with Crippen LogP contribution in [-0.4, -0.2) is 23.1 Å². The average molecular weight is 213 g/mol. The first-order chi connectivity index (χ1) is 6.68. The molecule has 2 rings (SSSR count). The van der Waals surface area contributed by atoms with Crippen LogP contribution < -0.4 is 5.32 Å². The van der Waals surface area contributed by atoms with Crippen molar-refractivity contribution in [3.8, 4) is 0 Å². The van der Waals surface area contributed by atoms with E-state index in [1.165, 1.54) is 44.4 Å². The van der Waals surface area contributed by atoms with Crippen LogP contribution in [0.1, 0.15) is 46.0 Å². The summed E-state index contributed by atoms with van der Waals surface area (Å²) >= 11 is 2.16. The van der Waals surface area contributed by atoms with Gasteiger partial charge in [0.05, 0.1) is 0 Å². The first kappa shape index (κ1) is 10.8. The van der Waals surface area contributed by atoms with E-state index in [9.17, 15) is 0 Å². The molecule has 0 amide bonds. The van der Waals surface area contributed by atoms with E-state index >= 15 is 0 Å². The second-order valence-corrected chi connectivity index (χ2v) is 7.05. The Labute approximate surface area is 92.4 Å². The van der Waals surface area contributed by atoms with Gasteiger partial charge in [-0.2, -0.15) is 11.8 Å². The molecule has 2 aliphatic rings. The monoisotopic (exact) mass is 213 g/mol. The van der Waals surface area contributed by atoms with Gasteiger partial charge in [-0.3, -0.25) is 0 Å². The van der Waals surface area contributed by atoms with Crippen molar-refractivity contribution in [3.05, 3.63) is 0 Å². The van der Waals surface area contributed by atoms with Crippen LogP contribution in [0.25, 0.3) is 0 Å². The van der Waals surface area contributed by atoms with E-state index < -0.39 is 0 Å². The molecule has 1 saturated carbocycles. The zero-order chi connectivity index (χ0) is 10.0. The predicted molar refractivity (Wildman–Crippen MR) is 64.9 cm³/mol. The minimum Gasteiger partial charge on any atom is -0.313 e. The molecule has 0 radical (unpaired) electrons. The number of rotatable bonds is 5. The molecule has 0 spiro atoms. The summed E-state index contributed by atoms with van der Waals surface area (Å²) in [5.74, 6) is 2.43. The van der Waals surface area contributed by atoms with Crippen LogP contribution in [0, 0.1) is 5.92 Å². The molecule has 2 heteroatoms. The summed E-state index contributed by atoms with van der Waals surface area (Å²) in [6.07, 6.45) is 7.19. The smallest absolute Gasteiger partial charge is 0.0256 e. The third kappa shape index (κ3) is 3.16. The van der Waals surface area contributed by atoms with Gasteiger partial charge in [-0.1, -0.05) is 12.8 Å². The summed E-state index contributed by atoms with van der Waals surface area (Å²) in [6, 6.07) is 0.737. The van der Waals surface area contributed by atoms with Gasteiger partial charge in [-0.15, -0.1) is 0 Å². The maximum atomic E-state index is 3.72. The summed E-state index contributed by atoms with van der Waals surface area (Å²) in [7, 11) is 0. The van der Waals surface area contributed by atoms with Gasteiger partial charge in [0.1, 0.15) is 0 Å². The highest BCUT2D eigenvalue weighted by Gasteiger charge is 2.30. The normalized spacial score (nSPS) is 34.7. The lowest BCUT2D eigenvalue weighted by Crippen LogP contribution is -2.38. The summed E-state index contributed by atoms with van der Waals surface area (Å²) in [5.41, 5.74) is 0. The van der Waals surface area contributed by atoms with Crippen LogP contribution in [0.15, 0.2) is 0 Å². The lowest BCUT2D eigenvalue weighted by atomic mass is 10.0. The first-order valence-electron chi connectivity index (χ1n) is 6.05. The number of hydrogen-bond acceptors (Lipinski definition) is 2. The second-order valence-electron chi connectivity index (χ2n) is 5.36. The fourth-order valence-electron chi connectivity index (χ4n) is 2.30. The molecule has 1 heterocycles. The molecule has 1 saturated heterocycles. The Balaban J connectivity index is 1.64. The van der Waals surface area contributed by atoms with Gasteiger partial charge in [0.25, 0.3) is 0 Å². The van der Waals surface area contributed by atoms with Gasteiger partial charge >= 0.3 is 0 Å². The number of nitrogens with one attached hydrogen (secondary N) is 1. The largest absolute Gasteiger partial charge is 0.313 e. The molecule has 0 bridgehead atoms. The van der Waals surface area contributed by atoms with Crippen LogP contribution in [0.4, 0.5) is 0 Å².